The van der Waals surface area contributed by atoms with E-state index in [0.717, 1.165) is 27.0 Å². The van der Waals surface area contributed by atoms with Gasteiger partial charge in [-0.2, -0.15) is 17.5 Å². The van der Waals surface area contributed by atoms with Crippen LogP contribution in [-0.2, 0) is 31.0 Å². The zero-order valence-corrected chi connectivity index (χ0v) is 17.6. The molecule has 0 unspecified atom stereocenters. The van der Waals surface area contributed by atoms with Gasteiger partial charge >= 0.3 is 6.18 Å². The van der Waals surface area contributed by atoms with Crippen molar-refractivity contribution in [1.29, 1.82) is 0 Å². The van der Waals surface area contributed by atoms with E-state index in [1.54, 1.807) is 13.8 Å². The molecule has 2 aliphatic rings. The summed E-state index contributed by atoms with van der Waals surface area (Å²) in [5.74, 6) is -1.84. The molecule has 3 rings (SSSR count). The molecule has 0 bridgehead atoms. The van der Waals surface area contributed by atoms with Crippen molar-refractivity contribution in [2.24, 2.45) is 11.8 Å². The Kier molecular flexibility index (Phi) is 5.28. The predicted molar refractivity (Wildman–Crippen MR) is 97.5 cm³/mol. The number of alkyl halides is 3. The average molecular weight is 454 g/mol. The van der Waals surface area contributed by atoms with Crippen molar-refractivity contribution in [2.75, 3.05) is 12.8 Å². The quantitative estimate of drug-likeness (QED) is 0.693. The molecular formula is C17H21F3N2O5S2. The number of hydrogen-bond donors (Lipinski definition) is 0. The van der Waals surface area contributed by atoms with Crippen LogP contribution in [0.25, 0.3) is 0 Å². The molecule has 0 saturated carbocycles. The topological polar surface area (TPSA) is 91.8 Å². The first-order valence-electron chi connectivity index (χ1n) is 8.89. The van der Waals surface area contributed by atoms with E-state index in [1.807, 2.05) is 0 Å². The standard InChI is InChI=1S/C17H21F3N2O5S2/c1-10(2)14-15-13(22(16(14)23)28(3,24)25)8-9-21(15)29(26,27)12-6-4-11(5-7-12)17(18,19)20/h4-7,10,13-15H,8-9H2,1-3H3/t13-,14+,15-/m0/s1. The molecule has 0 aliphatic carbocycles. The molecule has 0 radical (unpaired) electrons. The Morgan fingerprint density at radius 3 is 2.07 bits per heavy atom. The first-order chi connectivity index (χ1) is 13.2. The fourth-order valence-electron chi connectivity index (χ4n) is 4.22. The van der Waals surface area contributed by atoms with E-state index >= 15 is 0 Å². The van der Waals surface area contributed by atoms with Crippen molar-refractivity contribution >= 4 is 26.0 Å². The molecule has 7 nitrogen and oxygen atoms in total. The van der Waals surface area contributed by atoms with Gasteiger partial charge in [0.1, 0.15) is 0 Å². The van der Waals surface area contributed by atoms with E-state index in [4.69, 9.17) is 0 Å². The number of hydrogen-bond acceptors (Lipinski definition) is 5. The Morgan fingerprint density at radius 1 is 1.07 bits per heavy atom. The number of fused-ring (bicyclic) bond motifs is 1. The van der Waals surface area contributed by atoms with E-state index in [1.165, 1.54) is 0 Å². The summed E-state index contributed by atoms with van der Waals surface area (Å²) in [7, 11) is -8.11. The van der Waals surface area contributed by atoms with Crippen LogP contribution in [0.15, 0.2) is 29.2 Å². The second-order valence-electron chi connectivity index (χ2n) is 7.65. The summed E-state index contributed by atoms with van der Waals surface area (Å²) in [6.07, 6.45) is -3.57. The Morgan fingerprint density at radius 2 is 1.62 bits per heavy atom. The molecule has 3 atom stereocenters. The molecule has 2 aliphatic heterocycles. The lowest BCUT2D eigenvalue weighted by Gasteiger charge is -2.28. The van der Waals surface area contributed by atoms with Gasteiger partial charge in [-0.15, -0.1) is 0 Å². The van der Waals surface area contributed by atoms with Gasteiger partial charge < -0.3 is 0 Å². The number of sulfonamides is 2. The minimum atomic E-state index is -4.60. The van der Waals surface area contributed by atoms with Crippen molar-refractivity contribution in [3.63, 3.8) is 0 Å². The van der Waals surface area contributed by atoms with Crippen molar-refractivity contribution in [2.45, 2.75) is 43.4 Å². The van der Waals surface area contributed by atoms with Crippen LogP contribution < -0.4 is 0 Å². The summed E-state index contributed by atoms with van der Waals surface area (Å²) in [5, 5.41) is 0. The van der Waals surface area contributed by atoms with Gasteiger partial charge in [-0.1, -0.05) is 13.8 Å². The van der Waals surface area contributed by atoms with Gasteiger partial charge in [0, 0.05) is 6.54 Å². The highest BCUT2D eigenvalue weighted by Gasteiger charge is 2.59. The van der Waals surface area contributed by atoms with E-state index in [2.05, 4.69) is 0 Å². The summed E-state index contributed by atoms with van der Waals surface area (Å²) in [4.78, 5) is 12.4. The number of benzene rings is 1. The van der Waals surface area contributed by atoms with Crippen LogP contribution in [0.5, 0.6) is 0 Å². The maximum absolute atomic E-state index is 13.1. The summed E-state index contributed by atoms with van der Waals surface area (Å²) >= 11 is 0. The van der Waals surface area contributed by atoms with Crippen LogP contribution in [-0.4, -0.2) is 56.2 Å². The zero-order valence-electron chi connectivity index (χ0n) is 15.9. The molecule has 2 fully saturated rings. The molecule has 1 aromatic rings. The fraction of sp³-hybridized carbons (Fsp3) is 0.588. The van der Waals surface area contributed by atoms with Gasteiger partial charge in [0.25, 0.3) is 0 Å². The number of rotatable bonds is 4. The lowest BCUT2D eigenvalue weighted by Crippen LogP contribution is -2.44. The van der Waals surface area contributed by atoms with Gasteiger partial charge in [-0.25, -0.2) is 21.1 Å². The molecule has 1 aromatic carbocycles. The van der Waals surface area contributed by atoms with Crippen molar-refractivity contribution in [3.05, 3.63) is 29.8 Å². The van der Waals surface area contributed by atoms with Crippen LogP contribution in [0.3, 0.4) is 0 Å². The lowest BCUT2D eigenvalue weighted by molar-refractivity contribution is -0.137. The van der Waals surface area contributed by atoms with E-state index in [0.29, 0.717) is 12.1 Å². The van der Waals surface area contributed by atoms with E-state index < -0.39 is 55.7 Å². The molecule has 1 amide bonds. The Balaban J connectivity index is 2.02. The Labute approximate surface area is 167 Å². The molecule has 0 N–H and O–H groups in total. The normalized spacial score (nSPS) is 26.4. The highest BCUT2D eigenvalue weighted by Crippen LogP contribution is 2.43. The molecule has 2 saturated heterocycles. The van der Waals surface area contributed by atoms with Gasteiger partial charge in [0.15, 0.2) is 0 Å². The first kappa shape index (κ1) is 22.0. The number of halogens is 3. The average Bonchev–Trinajstić information content (AvgIpc) is 3.09. The lowest BCUT2D eigenvalue weighted by atomic mass is 9.89. The van der Waals surface area contributed by atoms with Crippen LogP contribution in [0.2, 0.25) is 0 Å². The maximum Gasteiger partial charge on any atom is 0.416 e. The Hall–Kier alpha value is -1.66. The van der Waals surface area contributed by atoms with Gasteiger partial charge in [-0.05, 0) is 36.6 Å². The minimum absolute atomic E-state index is 0.0266. The number of carbonyl (C=O) groups excluding carboxylic acids is 1. The van der Waals surface area contributed by atoms with Crippen LogP contribution in [0.1, 0.15) is 25.8 Å². The second kappa shape index (κ2) is 6.95. The molecule has 29 heavy (non-hydrogen) atoms. The number of nitrogens with zero attached hydrogens (tertiary/aromatic N) is 2. The van der Waals surface area contributed by atoms with Crippen LogP contribution in [0.4, 0.5) is 13.2 Å². The molecular weight excluding hydrogens is 433 g/mol. The third-order valence-corrected chi connectivity index (χ3v) is 8.48. The molecule has 0 spiro atoms. The van der Waals surface area contributed by atoms with Crippen molar-refractivity contribution < 1.29 is 34.8 Å². The second-order valence-corrected chi connectivity index (χ2v) is 11.4. The number of amides is 1. The SMILES string of the molecule is CC(C)[C@H]1C(=O)N(S(C)(=O)=O)[C@H]2CCN(S(=O)(=O)c3ccc(C(F)(F)F)cc3)[C@H]12. The van der Waals surface area contributed by atoms with Gasteiger partial charge in [-0.3, -0.25) is 4.79 Å². The van der Waals surface area contributed by atoms with Crippen molar-refractivity contribution in [3.8, 4) is 0 Å². The van der Waals surface area contributed by atoms with E-state index in [9.17, 15) is 34.8 Å². The largest absolute Gasteiger partial charge is 0.416 e. The summed E-state index contributed by atoms with van der Waals surface area (Å²) in [6.45, 7) is 3.38. The number of carbonyl (C=O) groups is 1. The zero-order chi connectivity index (χ0) is 21.9. The summed E-state index contributed by atoms with van der Waals surface area (Å²) in [5.41, 5.74) is -0.977. The molecule has 0 aromatic heterocycles. The minimum Gasteiger partial charge on any atom is -0.273 e. The smallest absolute Gasteiger partial charge is 0.273 e. The molecule has 162 valence electrons. The van der Waals surface area contributed by atoms with E-state index in [-0.39, 0.29) is 23.8 Å². The first-order valence-corrected chi connectivity index (χ1v) is 12.2. The monoisotopic (exact) mass is 454 g/mol. The highest BCUT2D eigenvalue weighted by molar-refractivity contribution is 7.89. The Bertz CT molecular complexity index is 1020. The maximum atomic E-state index is 13.1. The summed E-state index contributed by atoms with van der Waals surface area (Å²) < 4.78 is 90.7. The fourth-order valence-corrected chi connectivity index (χ4v) is 7.08. The van der Waals surface area contributed by atoms with Crippen LogP contribution in [0, 0.1) is 11.8 Å². The van der Waals surface area contributed by atoms with Gasteiger partial charge in [0.2, 0.25) is 26.0 Å². The predicted octanol–water partition coefficient (Wildman–Crippen LogP) is 1.91. The third-order valence-electron chi connectivity index (χ3n) is 5.41. The summed E-state index contributed by atoms with van der Waals surface area (Å²) in [6, 6.07) is 1.40. The molecule has 12 heteroatoms. The van der Waals surface area contributed by atoms with Gasteiger partial charge in [0.05, 0.1) is 34.7 Å². The van der Waals surface area contributed by atoms with Crippen molar-refractivity contribution in [1.82, 2.24) is 8.61 Å². The third kappa shape index (κ3) is 3.66. The molecule has 2 heterocycles. The highest BCUT2D eigenvalue weighted by atomic mass is 32.2. The van der Waals surface area contributed by atoms with Crippen LogP contribution >= 0.6 is 0 Å².